The Bertz CT molecular complexity index is 789. The van der Waals surface area contributed by atoms with Crippen LogP contribution in [-0.2, 0) is 4.79 Å². The van der Waals surface area contributed by atoms with Crippen molar-refractivity contribution in [2.45, 2.75) is 0 Å². The average molecular weight is 349 g/mol. The van der Waals surface area contributed by atoms with Gasteiger partial charge in [-0.15, -0.1) is 0 Å². The molecule has 0 saturated carbocycles. The number of hydrogen-bond donors (Lipinski definition) is 2. The van der Waals surface area contributed by atoms with Gasteiger partial charge in [0, 0.05) is 43.2 Å². The quantitative estimate of drug-likeness (QED) is 0.867. The van der Waals surface area contributed by atoms with E-state index >= 15 is 0 Å². The van der Waals surface area contributed by atoms with Gasteiger partial charge in [0.25, 0.3) is 0 Å². The first-order chi connectivity index (χ1) is 12.6. The van der Waals surface area contributed by atoms with Gasteiger partial charge in [0.2, 0.25) is 5.91 Å². The number of piperazine rings is 1. The molecule has 2 N–H and O–H groups in total. The van der Waals surface area contributed by atoms with Gasteiger partial charge >= 0.3 is 0 Å². The van der Waals surface area contributed by atoms with Crippen LogP contribution in [0.1, 0.15) is 5.56 Å². The summed E-state index contributed by atoms with van der Waals surface area (Å²) in [6, 6.07) is 17.1. The van der Waals surface area contributed by atoms with Crippen molar-refractivity contribution < 1.29 is 4.79 Å². The van der Waals surface area contributed by atoms with Crippen molar-refractivity contribution in [3.8, 4) is 6.07 Å². The Morgan fingerprint density at radius 2 is 1.81 bits per heavy atom. The minimum absolute atomic E-state index is 0.125. The maximum atomic E-state index is 12.1. The van der Waals surface area contributed by atoms with Crippen LogP contribution >= 0.6 is 0 Å². The Morgan fingerprint density at radius 1 is 1.08 bits per heavy atom. The lowest BCUT2D eigenvalue weighted by atomic mass is 10.2. The molecule has 1 aliphatic rings. The number of rotatable bonds is 5. The zero-order valence-corrected chi connectivity index (χ0v) is 14.9. The number of nitrogens with zero attached hydrogens (tertiary/aromatic N) is 3. The first-order valence-electron chi connectivity index (χ1n) is 8.71. The fourth-order valence-corrected chi connectivity index (χ4v) is 2.91. The van der Waals surface area contributed by atoms with Crippen LogP contribution < -0.4 is 15.5 Å². The first kappa shape index (κ1) is 17.8. The summed E-state index contributed by atoms with van der Waals surface area (Å²) in [6.07, 6.45) is 0. The molecule has 0 aromatic heterocycles. The topological polar surface area (TPSA) is 71.4 Å². The molecule has 3 rings (SSSR count). The summed E-state index contributed by atoms with van der Waals surface area (Å²) in [4.78, 5) is 16.8. The average Bonchev–Trinajstić information content (AvgIpc) is 2.68. The van der Waals surface area contributed by atoms with Crippen molar-refractivity contribution >= 4 is 23.0 Å². The van der Waals surface area contributed by atoms with E-state index in [0.29, 0.717) is 5.56 Å². The molecule has 1 heterocycles. The fourth-order valence-electron chi connectivity index (χ4n) is 2.91. The molecule has 0 radical (unpaired) electrons. The summed E-state index contributed by atoms with van der Waals surface area (Å²) in [5.74, 6) is -0.125. The molecule has 134 valence electrons. The molecule has 2 aromatic carbocycles. The van der Waals surface area contributed by atoms with Crippen LogP contribution in [0.25, 0.3) is 0 Å². The highest BCUT2D eigenvalue weighted by molar-refractivity contribution is 5.93. The standard InChI is InChI=1S/C20H23N5O/c1-24-9-11-25(12-10-24)19-7-5-17(6-8-19)23-20(26)15-22-18-4-2-3-16(13-18)14-21/h2-8,13,22H,9-12,15H2,1H3,(H,23,26). The largest absolute Gasteiger partial charge is 0.376 e. The Balaban J connectivity index is 1.50. The smallest absolute Gasteiger partial charge is 0.243 e. The fraction of sp³-hybridized carbons (Fsp3) is 0.300. The van der Waals surface area contributed by atoms with Gasteiger partial charge in [0.05, 0.1) is 18.2 Å². The first-order valence-corrected chi connectivity index (χ1v) is 8.71. The van der Waals surface area contributed by atoms with Crippen LogP contribution in [0.5, 0.6) is 0 Å². The second-order valence-corrected chi connectivity index (χ2v) is 6.43. The Labute approximate surface area is 154 Å². The van der Waals surface area contributed by atoms with E-state index in [-0.39, 0.29) is 12.5 Å². The SMILES string of the molecule is CN1CCN(c2ccc(NC(=O)CNc3cccc(C#N)c3)cc2)CC1. The van der Waals surface area contributed by atoms with Gasteiger partial charge in [-0.05, 0) is 49.5 Å². The van der Waals surface area contributed by atoms with E-state index in [1.165, 1.54) is 5.69 Å². The number of nitriles is 1. The predicted molar refractivity (Wildman–Crippen MR) is 104 cm³/mol. The molecule has 0 aliphatic carbocycles. The third-order valence-electron chi connectivity index (χ3n) is 4.46. The molecule has 0 bridgehead atoms. The van der Waals surface area contributed by atoms with Gasteiger partial charge in [0.1, 0.15) is 0 Å². The van der Waals surface area contributed by atoms with Gasteiger partial charge in [0.15, 0.2) is 0 Å². The summed E-state index contributed by atoms with van der Waals surface area (Å²) in [5, 5.41) is 14.8. The van der Waals surface area contributed by atoms with Crippen LogP contribution in [0.15, 0.2) is 48.5 Å². The van der Waals surface area contributed by atoms with Crippen LogP contribution in [0, 0.1) is 11.3 Å². The van der Waals surface area contributed by atoms with Gasteiger partial charge in [-0.1, -0.05) is 6.07 Å². The van der Waals surface area contributed by atoms with Crippen molar-refractivity contribution in [1.29, 1.82) is 5.26 Å². The summed E-state index contributed by atoms with van der Waals surface area (Å²) >= 11 is 0. The number of carbonyl (C=O) groups excluding carboxylic acids is 1. The summed E-state index contributed by atoms with van der Waals surface area (Å²) in [7, 11) is 2.14. The molecule has 6 heteroatoms. The van der Waals surface area contributed by atoms with Crippen LogP contribution in [0.2, 0.25) is 0 Å². The molecule has 2 aromatic rings. The van der Waals surface area contributed by atoms with E-state index in [0.717, 1.165) is 37.6 Å². The number of carbonyl (C=O) groups is 1. The minimum Gasteiger partial charge on any atom is -0.376 e. The third kappa shape index (κ3) is 4.74. The van der Waals surface area contributed by atoms with E-state index in [1.54, 1.807) is 18.2 Å². The second-order valence-electron chi connectivity index (χ2n) is 6.43. The number of hydrogen-bond acceptors (Lipinski definition) is 5. The number of likely N-dealkylation sites (N-methyl/N-ethyl adjacent to an activating group) is 1. The summed E-state index contributed by atoms with van der Waals surface area (Å²) < 4.78 is 0. The summed E-state index contributed by atoms with van der Waals surface area (Å²) in [6.45, 7) is 4.32. The number of nitrogens with one attached hydrogen (secondary N) is 2. The van der Waals surface area contributed by atoms with Gasteiger partial charge in [-0.2, -0.15) is 5.26 Å². The lowest BCUT2D eigenvalue weighted by Crippen LogP contribution is -2.44. The molecule has 1 saturated heterocycles. The van der Waals surface area contributed by atoms with Crippen molar-refractivity contribution in [1.82, 2.24) is 4.90 Å². The highest BCUT2D eigenvalue weighted by Crippen LogP contribution is 2.19. The van der Waals surface area contributed by atoms with Crippen molar-refractivity contribution in [2.75, 3.05) is 55.3 Å². The van der Waals surface area contributed by atoms with Crippen LogP contribution in [0.4, 0.5) is 17.1 Å². The van der Waals surface area contributed by atoms with Crippen LogP contribution in [-0.4, -0.2) is 50.6 Å². The monoisotopic (exact) mass is 349 g/mol. The molecule has 1 aliphatic heterocycles. The number of anilines is 3. The Morgan fingerprint density at radius 3 is 2.50 bits per heavy atom. The van der Waals surface area contributed by atoms with Crippen molar-refractivity contribution in [2.24, 2.45) is 0 Å². The van der Waals surface area contributed by atoms with Crippen molar-refractivity contribution in [3.63, 3.8) is 0 Å². The zero-order valence-electron chi connectivity index (χ0n) is 14.9. The van der Waals surface area contributed by atoms with Gasteiger partial charge in [-0.3, -0.25) is 4.79 Å². The molecular formula is C20H23N5O. The van der Waals surface area contributed by atoms with E-state index < -0.39 is 0 Å². The summed E-state index contributed by atoms with van der Waals surface area (Å²) in [5.41, 5.74) is 3.28. The van der Waals surface area contributed by atoms with Crippen molar-refractivity contribution in [3.05, 3.63) is 54.1 Å². The molecule has 0 atom stereocenters. The van der Waals surface area contributed by atoms with Gasteiger partial charge < -0.3 is 20.4 Å². The molecule has 0 unspecified atom stereocenters. The predicted octanol–water partition coefficient (Wildman–Crippen LogP) is 2.36. The number of benzene rings is 2. The van der Waals surface area contributed by atoms with E-state index in [9.17, 15) is 4.79 Å². The lowest BCUT2D eigenvalue weighted by Gasteiger charge is -2.34. The number of amides is 1. The molecule has 6 nitrogen and oxygen atoms in total. The Kier molecular flexibility index (Phi) is 5.72. The maximum absolute atomic E-state index is 12.1. The Hall–Kier alpha value is -3.04. The maximum Gasteiger partial charge on any atom is 0.243 e. The zero-order chi connectivity index (χ0) is 18.4. The molecule has 1 amide bonds. The van der Waals surface area contributed by atoms with Crippen LogP contribution in [0.3, 0.4) is 0 Å². The lowest BCUT2D eigenvalue weighted by molar-refractivity contribution is -0.114. The highest BCUT2D eigenvalue weighted by Gasteiger charge is 2.14. The van der Waals surface area contributed by atoms with E-state index in [1.807, 2.05) is 30.3 Å². The molecule has 1 fully saturated rings. The minimum atomic E-state index is -0.125. The third-order valence-corrected chi connectivity index (χ3v) is 4.46. The van der Waals surface area contributed by atoms with E-state index in [2.05, 4.69) is 33.6 Å². The van der Waals surface area contributed by atoms with Gasteiger partial charge in [-0.25, -0.2) is 0 Å². The molecule has 26 heavy (non-hydrogen) atoms. The second kappa shape index (κ2) is 8.37. The normalized spacial score (nSPS) is 14.5. The van der Waals surface area contributed by atoms with E-state index in [4.69, 9.17) is 5.26 Å². The highest BCUT2D eigenvalue weighted by atomic mass is 16.1. The molecule has 0 spiro atoms. The molecular weight excluding hydrogens is 326 g/mol.